The molecule has 0 spiro atoms. The molecule has 1 atom stereocenters. The molecule has 2 aromatic carbocycles. The van der Waals surface area contributed by atoms with Crippen molar-refractivity contribution in [3.05, 3.63) is 65.5 Å². The average molecular weight is 373 g/mol. The van der Waals surface area contributed by atoms with E-state index in [2.05, 4.69) is 5.32 Å². The molecule has 0 aliphatic heterocycles. The number of carboxylic acids is 1. The summed E-state index contributed by atoms with van der Waals surface area (Å²) < 4.78 is 19.2. The summed E-state index contributed by atoms with van der Waals surface area (Å²) in [6.45, 7) is 2.55. The second-order valence-corrected chi connectivity index (χ2v) is 6.39. The van der Waals surface area contributed by atoms with E-state index in [0.29, 0.717) is 30.9 Å². The highest BCUT2D eigenvalue weighted by Gasteiger charge is 2.14. The van der Waals surface area contributed by atoms with Gasteiger partial charge in [0.2, 0.25) is 5.91 Å². The van der Waals surface area contributed by atoms with E-state index in [1.165, 1.54) is 6.07 Å². The van der Waals surface area contributed by atoms with Gasteiger partial charge in [-0.15, -0.1) is 0 Å². The largest absolute Gasteiger partial charge is 0.494 e. The van der Waals surface area contributed by atoms with Gasteiger partial charge in [-0.2, -0.15) is 0 Å². The maximum atomic E-state index is 13.8. The van der Waals surface area contributed by atoms with Crippen molar-refractivity contribution in [3.63, 3.8) is 0 Å². The van der Waals surface area contributed by atoms with Crippen molar-refractivity contribution in [2.24, 2.45) is 0 Å². The number of aliphatic carboxylic acids is 1. The Labute approximate surface area is 158 Å². The van der Waals surface area contributed by atoms with Gasteiger partial charge in [-0.1, -0.05) is 37.3 Å². The standard InChI is InChI=1S/C21H24FNO4/c1-15(18-5-2-3-6-19(18)22)13-20(24)23-14-16-8-10-17(11-9-16)27-12-4-7-21(25)26/h2-3,5-6,8-11,15H,4,7,12-14H2,1H3,(H,23,24)(H,25,26). The van der Waals surface area contributed by atoms with E-state index in [1.54, 1.807) is 30.3 Å². The highest BCUT2D eigenvalue weighted by atomic mass is 19.1. The number of carbonyl (C=O) groups excluding carboxylic acids is 1. The minimum Gasteiger partial charge on any atom is -0.494 e. The molecule has 27 heavy (non-hydrogen) atoms. The summed E-state index contributed by atoms with van der Waals surface area (Å²) in [6.07, 6.45) is 0.745. The molecular formula is C21H24FNO4. The first-order valence-corrected chi connectivity index (χ1v) is 8.90. The van der Waals surface area contributed by atoms with Crippen LogP contribution in [0.1, 0.15) is 43.2 Å². The van der Waals surface area contributed by atoms with Crippen LogP contribution in [0.4, 0.5) is 4.39 Å². The maximum Gasteiger partial charge on any atom is 0.303 e. The fourth-order valence-corrected chi connectivity index (χ4v) is 2.65. The minimum atomic E-state index is -0.839. The number of hydrogen-bond acceptors (Lipinski definition) is 3. The van der Waals surface area contributed by atoms with E-state index in [1.807, 2.05) is 19.1 Å². The Kier molecular flexibility index (Phi) is 7.79. The minimum absolute atomic E-state index is 0.0788. The summed E-state index contributed by atoms with van der Waals surface area (Å²) in [5.74, 6) is -0.818. The second-order valence-electron chi connectivity index (χ2n) is 6.39. The third-order valence-corrected chi connectivity index (χ3v) is 4.14. The molecule has 0 bridgehead atoms. The zero-order valence-electron chi connectivity index (χ0n) is 15.3. The van der Waals surface area contributed by atoms with Gasteiger partial charge in [-0.3, -0.25) is 9.59 Å². The SMILES string of the molecule is CC(CC(=O)NCc1ccc(OCCCC(=O)O)cc1)c1ccccc1F. The van der Waals surface area contributed by atoms with Crippen LogP contribution in [-0.4, -0.2) is 23.6 Å². The fourth-order valence-electron chi connectivity index (χ4n) is 2.65. The third kappa shape index (κ3) is 7.09. The van der Waals surface area contributed by atoms with Gasteiger partial charge in [-0.25, -0.2) is 4.39 Å². The Hall–Kier alpha value is -2.89. The quantitative estimate of drug-likeness (QED) is 0.620. The van der Waals surface area contributed by atoms with Gasteiger partial charge in [0.15, 0.2) is 0 Å². The number of ether oxygens (including phenoxy) is 1. The van der Waals surface area contributed by atoms with Gasteiger partial charge >= 0.3 is 5.97 Å². The lowest BCUT2D eigenvalue weighted by molar-refractivity contribution is -0.137. The molecule has 0 saturated heterocycles. The number of nitrogens with one attached hydrogen (secondary N) is 1. The van der Waals surface area contributed by atoms with Crippen LogP contribution >= 0.6 is 0 Å². The monoisotopic (exact) mass is 373 g/mol. The van der Waals surface area contributed by atoms with E-state index in [4.69, 9.17) is 9.84 Å². The molecule has 144 valence electrons. The molecule has 0 aliphatic rings. The second kappa shape index (κ2) is 10.3. The summed E-state index contributed by atoms with van der Waals surface area (Å²) in [6, 6.07) is 13.7. The van der Waals surface area contributed by atoms with Crippen LogP contribution in [0.5, 0.6) is 5.75 Å². The van der Waals surface area contributed by atoms with Gasteiger partial charge in [0.1, 0.15) is 11.6 Å². The summed E-state index contributed by atoms with van der Waals surface area (Å²) >= 11 is 0. The average Bonchev–Trinajstić information content (AvgIpc) is 2.64. The summed E-state index contributed by atoms with van der Waals surface area (Å²) in [5.41, 5.74) is 1.46. The van der Waals surface area contributed by atoms with E-state index in [0.717, 1.165) is 5.56 Å². The fraction of sp³-hybridized carbons (Fsp3) is 0.333. The van der Waals surface area contributed by atoms with Crippen molar-refractivity contribution in [1.82, 2.24) is 5.32 Å². The molecule has 0 heterocycles. The number of rotatable bonds is 10. The Morgan fingerprint density at radius 3 is 2.52 bits per heavy atom. The van der Waals surface area contributed by atoms with E-state index >= 15 is 0 Å². The molecule has 2 N–H and O–H groups in total. The lowest BCUT2D eigenvalue weighted by atomic mass is 9.97. The highest BCUT2D eigenvalue weighted by Crippen LogP contribution is 2.21. The van der Waals surface area contributed by atoms with Crippen molar-refractivity contribution >= 4 is 11.9 Å². The Balaban J connectivity index is 1.75. The normalized spacial score (nSPS) is 11.6. The van der Waals surface area contributed by atoms with E-state index in [9.17, 15) is 14.0 Å². The first-order valence-electron chi connectivity index (χ1n) is 8.90. The molecule has 0 aromatic heterocycles. The molecule has 6 heteroatoms. The van der Waals surface area contributed by atoms with Crippen molar-refractivity contribution in [3.8, 4) is 5.75 Å². The van der Waals surface area contributed by atoms with Crippen LogP contribution in [0, 0.1) is 5.82 Å². The van der Waals surface area contributed by atoms with Crippen LogP contribution in [0.3, 0.4) is 0 Å². The van der Waals surface area contributed by atoms with Crippen molar-refractivity contribution in [2.45, 2.75) is 38.6 Å². The molecule has 0 saturated carbocycles. The molecular weight excluding hydrogens is 349 g/mol. The van der Waals surface area contributed by atoms with E-state index < -0.39 is 5.97 Å². The molecule has 2 aromatic rings. The molecule has 2 rings (SSSR count). The Morgan fingerprint density at radius 2 is 1.85 bits per heavy atom. The number of carboxylic acid groups (broad SMARTS) is 1. The number of amides is 1. The Morgan fingerprint density at radius 1 is 1.15 bits per heavy atom. The lowest BCUT2D eigenvalue weighted by Crippen LogP contribution is -2.24. The Bertz CT molecular complexity index is 761. The van der Waals surface area contributed by atoms with Gasteiger partial charge in [0.25, 0.3) is 0 Å². The van der Waals surface area contributed by atoms with Crippen LogP contribution in [0.2, 0.25) is 0 Å². The number of halogens is 1. The smallest absolute Gasteiger partial charge is 0.303 e. The van der Waals surface area contributed by atoms with Gasteiger partial charge in [0, 0.05) is 19.4 Å². The van der Waals surface area contributed by atoms with Crippen molar-refractivity contribution in [2.75, 3.05) is 6.61 Å². The van der Waals surface area contributed by atoms with Crippen LogP contribution in [-0.2, 0) is 16.1 Å². The van der Waals surface area contributed by atoms with Crippen LogP contribution < -0.4 is 10.1 Å². The highest BCUT2D eigenvalue weighted by molar-refractivity contribution is 5.76. The molecule has 0 aliphatic carbocycles. The maximum absolute atomic E-state index is 13.8. The summed E-state index contributed by atoms with van der Waals surface area (Å²) in [4.78, 5) is 22.5. The van der Waals surface area contributed by atoms with Crippen LogP contribution in [0.25, 0.3) is 0 Å². The summed E-state index contributed by atoms with van der Waals surface area (Å²) in [7, 11) is 0. The van der Waals surface area contributed by atoms with E-state index in [-0.39, 0.29) is 30.5 Å². The first kappa shape index (κ1) is 20.4. The predicted octanol–water partition coefficient (Wildman–Crippen LogP) is 3.88. The summed E-state index contributed by atoms with van der Waals surface area (Å²) in [5, 5.41) is 11.4. The molecule has 1 unspecified atom stereocenters. The molecule has 1 amide bonds. The molecule has 5 nitrogen and oxygen atoms in total. The number of hydrogen-bond donors (Lipinski definition) is 2. The zero-order valence-corrected chi connectivity index (χ0v) is 15.3. The first-order chi connectivity index (χ1) is 13.0. The van der Waals surface area contributed by atoms with Crippen molar-refractivity contribution in [1.29, 1.82) is 0 Å². The number of benzene rings is 2. The van der Waals surface area contributed by atoms with Gasteiger partial charge in [-0.05, 0) is 41.7 Å². The van der Waals surface area contributed by atoms with Gasteiger partial charge in [0.05, 0.1) is 6.61 Å². The zero-order chi connectivity index (χ0) is 19.6. The van der Waals surface area contributed by atoms with Gasteiger partial charge < -0.3 is 15.2 Å². The van der Waals surface area contributed by atoms with Crippen molar-refractivity contribution < 1.29 is 23.8 Å². The third-order valence-electron chi connectivity index (χ3n) is 4.14. The number of carbonyl (C=O) groups is 2. The topological polar surface area (TPSA) is 75.6 Å². The molecule has 0 fully saturated rings. The lowest BCUT2D eigenvalue weighted by Gasteiger charge is -2.13. The molecule has 0 radical (unpaired) electrons. The van der Waals surface area contributed by atoms with Crippen LogP contribution in [0.15, 0.2) is 48.5 Å². The predicted molar refractivity (Wildman–Crippen MR) is 100 cm³/mol.